The summed E-state index contributed by atoms with van der Waals surface area (Å²) in [5, 5.41) is 18.3. The van der Waals surface area contributed by atoms with Gasteiger partial charge < -0.3 is 20.7 Å². The van der Waals surface area contributed by atoms with E-state index in [-0.39, 0.29) is 13.0 Å². The smallest absolute Gasteiger partial charge is 0.310 e. The molecule has 0 amide bonds. The molecule has 0 aliphatic rings. The number of hydrogen-bond acceptors (Lipinski definition) is 5. The van der Waals surface area contributed by atoms with E-state index in [9.17, 15) is 14.7 Å². The van der Waals surface area contributed by atoms with E-state index in [1.54, 1.807) is 0 Å². The predicted octanol–water partition coefficient (Wildman–Crippen LogP) is 0.529. The number of rotatable bonds is 7. The van der Waals surface area contributed by atoms with E-state index in [4.69, 9.17) is 15.6 Å². The maximum Gasteiger partial charge on any atom is 0.310 e. The monoisotopic (exact) mass is 281 g/mol. The third-order valence-electron chi connectivity index (χ3n) is 2.91. The van der Waals surface area contributed by atoms with Gasteiger partial charge in [-0.15, -0.1) is 0 Å². The van der Waals surface area contributed by atoms with Crippen molar-refractivity contribution in [1.82, 2.24) is 0 Å². The second-order valence-electron chi connectivity index (χ2n) is 4.62. The fourth-order valence-corrected chi connectivity index (χ4v) is 1.86. The lowest BCUT2D eigenvalue weighted by molar-refractivity contribution is -0.149. The van der Waals surface area contributed by atoms with Crippen LogP contribution in [0.3, 0.4) is 0 Å². The molecular formula is C14H19NO5. The summed E-state index contributed by atoms with van der Waals surface area (Å²) in [5.41, 5.74) is 6.48. The Kier molecular flexibility index (Phi) is 6.14. The Bertz CT molecular complexity index is 446. The van der Waals surface area contributed by atoms with Gasteiger partial charge in [0.15, 0.2) is 0 Å². The van der Waals surface area contributed by atoms with Crippen molar-refractivity contribution in [2.75, 3.05) is 0 Å². The highest BCUT2D eigenvalue weighted by Crippen LogP contribution is 2.12. The minimum atomic E-state index is -1.23. The lowest BCUT2D eigenvalue weighted by atomic mass is 9.93. The molecule has 0 aromatic heterocycles. The molecule has 1 aromatic rings. The first-order chi connectivity index (χ1) is 9.41. The zero-order chi connectivity index (χ0) is 15.1. The van der Waals surface area contributed by atoms with Crippen molar-refractivity contribution in [1.29, 1.82) is 0 Å². The van der Waals surface area contributed by atoms with Crippen LogP contribution in [0.5, 0.6) is 0 Å². The minimum absolute atomic E-state index is 0.110. The van der Waals surface area contributed by atoms with Gasteiger partial charge in [0, 0.05) is 6.04 Å². The first-order valence-electron chi connectivity index (χ1n) is 6.27. The number of aliphatic hydroxyl groups is 1. The van der Waals surface area contributed by atoms with E-state index < -0.39 is 30.0 Å². The van der Waals surface area contributed by atoms with Crippen molar-refractivity contribution in [2.24, 2.45) is 11.7 Å². The van der Waals surface area contributed by atoms with Crippen LogP contribution >= 0.6 is 0 Å². The summed E-state index contributed by atoms with van der Waals surface area (Å²) in [5.74, 6) is -3.02. The molecule has 3 unspecified atom stereocenters. The fraction of sp³-hybridized carbons (Fsp3) is 0.429. The molecule has 0 aliphatic carbocycles. The number of nitrogens with two attached hydrogens (primary N) is 1. The number of carbonyl (C=O) groups is 2. The van der Waals surface area contributed by atoms with Gasteiger partial charge in [-0.25, -0.2) is 0 Å². The van der Waals surface area contributed by atoms with Gasteiger partial charge in [0.2, 0.25) is 0 Å². The Morgan fingerprint density at radius 1 is 1.30 bits per heavy atom. The van der Waals surface area contributed by atoms with Crippen molar-refractivity contribution in [3.8, 4) is 0 Å². The van der Waals surface area contributed by atoms with Crippen LogP contribution in [-0.2, 0) is 20.9 Å². The SMILES string of the molecule is CC(O)C(C(=O)O)C(N)CC(=O)OCc1ccccc1. The van der Waals surface area contributed by atoms with Crippen LogP contribution < -0.4 is 5.73 Å². The molecule has 110 valence electrons. The van der Waals surface area contributed by atoms with E-state index in [2.05, 4.69) is 0 Å². The van der Waals surface area contributed by atoms with Crippen molar-refractivity contribution in [3.63, 3.8) is 0 Å². The Labute approximate surface area is 117 Å². The van der Waals surface area contributed by atoms with Gasteiger partial charge in [-0.2, -0.15) is 0 Å². The van der Waals surface area contributed by atoms with Gasteiger partial charge >= 0.3 is 11.9 Å². The number of benzene rings is 1. The Balaban J connectivity index is 2.47. The van der Waals surface area contributed by atoms with Crippen molar-refractivity contribution in [2.45, 2.75) is 32.1 Å². The highest BCUT2D eigenvalue weighted by molar-refractivity contribution is 5.75. The summed E-state index contributed by atoms with van der Waals surface area (Å²) >= 11 is 0. The van der Waals surface area contributed by atoms with Gasteiger partial charge in [-0.3, -0.25) is 9.59 Å². The van der Waals surface area contributed by atoms with E-state index in [1.807, 2.05) is 30.3 Å². The molecular weight excluding hydrogens is 262 g/mol. The van der Waals surface area contributed by atoms with E-state index >= 15 is 0 Å². The van der Waals surface area contributed by atoms with Crippen LogP contribution in [0.15, 0.2) is 30.3 Å². The molecule has 20 heavy (non-hydrogen) atoms. The molecule has 0 heterocycles. The maximum atomic E-state index is 11.6. The zero-order valence-corrected chi connectivity index (χ0v) is 11.2. The number of esters is 1. The summed E-state index contributed by atoms with van der Waals surface area (Å²) < 4.78 is 5.01. The van der Waals surface area contributed by atoms with Crippen molar-refractivity contribution < 1.29 is 24.5 Å². The topological polar surface area (TPSA) is 110 Å². The Morgan fingerprint density at radius 3 is 2.40 bits per heavy atom. The average Bonchev–Trinajstić information content (AvgIpc) is 2.36. The van der Waals surface area contributed by atoms with Gasteiger partial charge in [0.05, 0.1) is 18.4 Å². The highest BCUT2D eigenvalue weighted by Gasteiger charge is 2.31. The molecule has 0 fully saturated rings. The standard InChI is InChI=1S/C14H19NO5/c1-9(16)13(14(18)19)11(15)7-12(17)20-8-10-5-3-2-4-6-10/h2-6,9,11,13,16H,7-8,15H2,1H3,(H,18,19). The Morgan fingerprint density at radius 2 is 1.90 bits per heavy atom. The van der Waals surface area contributed by atoms with E-state index in [1.165, 1.54) is 6.92 Å². The molecule has 4 N–H and O–H groups in total. The summed E-state index contributed by atoms with van der Waals surface area (Å²) in [6.45, 7) is 1.44. The lowest BCUT2D eigenvalue weighted by Crippen LogP contribution is -2.43. The number of carboxylic acid groups (broad SMARTS) is 1. The fourth-order valence-electron chi connectivity index (χ4n) is 1.86. The number of hydrogen-bond donors (Lipinski definition) is 3. The molecule has 0 spiro atoms. The number of aliphatic hydroxyl groups excluding tert-OH is 1. The lowest BCUT2D eigenvalue weighted by Gasteiger charge is -2.21. The Hall–Kier alpha value is -1.92. The summed E-state index contributed by atoms with van der Waals surface area (Å²) in [6.07, 6.45) is -1.39. The van der Waals surface area contributed by atoms with Crippen LogP contribution in [0.2, 0.25) is 0 Å². The first-order valence-corrected chi connectivity index (χ1v) is 6.27. The molecule has 0 saturated carbocycles. The largest absolute Gasteiger partial charge is 0.481 e. The molecule has 1 rings (SSSR count). The van der Waals surface area contributed by atoms with Crippen molar-refractivity contribution >= 4 is 11.9 Å². The molecule has 3 atom stereocenters. The summed E-state index contributed by atoms with van der Waals surface area (Å²) in [4.78, 5) is 22.6. The molecule has 0 bridgehead atoms. The molecule has 0 radical (unpaired) electrons. The first kappa shape index (κ1) is 16.1. The molecule has 6 nitrogen and oxygen atoms in total. The minimum Gasteiger partial charge on any atom is -0.481 e. The van der Waals surface area contributed by atoms with Crippen LogP contribution in [0.4, 0.5) is 0 Å². The van der Waals surface area contributed by atoms with E-state index in [0.717, 1.165) is 5.56 Å². The molecule has 0 aliphatic heterocycles. The predicted molar refractivity (Wildman–Crippen MR) is 71.6 cm³/mol. The average molecular weight is 281 g/mol. The van der Waals surface area contributed by atoms with Crippen LogP contribution in [0.1, 0.15) is 18.9 Å². The second kappa shape index (κ2) is 7.62. The van der Waals surface area contributed by atoms with Crippen LogP contribution in [0.25, 0.3) is 0 Å². The van der Waals surface area contributed by atoms with Gasteiger partial charge in [0.1, 0.15) is 6.61 Å². The number of carboxylic acids is 1. The van der Waals surface area contributed by atoms with Gasteiger partial charge in [-0.05, 0) is 12.5 Å². The second-order valence-corrected chi connectivity index (χ2v) is 4.62. The normalized spacial score (nSPS) is 15.2. The van der Waals surface area contributed by atoms with Crippen LogP contribution in [0, 0.1) is 5.92 Å². The molecule has 6 heteroatoms. The highest BCUT2D eigenvalue weighted by atomic mass is 16.5. The van der Waals surface area contributed by atoms with Crippen LogP contribution in [-0.4, -0.2) is 34.3 Å². The van der Waals surface area contributed by atoms with Gasteiger partial charge in [0.25, 0.3) is 0 Å². The van der Waals surface area contributed by atoms with Gasteiger partial charge in [-0.1, -0.05) is 30.3 Å². The van der Waals surface area contributed by atoms with Crippen molar-refractivity contribution in [3.05, 3.63) is 35.9 Å². The summed E-state index contributed by atoms with van der Waals surface area (Å²) in [7, 11) is 0. The number of aliphatic carboxylic acids is 1. The molecule has 0 saturated heterocycles. The number of ether oxygens (including phenoxy) is 1. The molecule has 1 aromatic carbocycles. The number of carbonyl (C=O) groups excluding carboxylic acids is 1. The zero-order valence-electron chi connectivity index (χ0n) is 11.2. The van der Waals surface area contributed by atoms with E-state index in [0.29, 0.717) is 0 Å². The quantitative estimate of drug-likeness (QED) is 0.629. The maximum absolute atomic E-state index is 11.6. The summed E-state index contributed by atoms with van der Waals surface area (Å²) in [6, 6.07) is 8.12. The third kappa shape index (κ3) is 4.99. The third-order valence-corrected chi connectivity index (χ3v) is 2.91.